The van der Waals surface area contributed by atoms with Gasteiger partial charge in [0.25, 0.3) is 0 Å². The van der Waals surface area contributed by atoms with Crippen LogP contribution in [0, 0.1) is 22.7 Å². The normalized spacial score (nSPS) is 44.7. The molecule has 26 heavy (non-hydrogen) atoms. The van der Waals surface area contributed by atoms with Gasteiger partial charge in [0.1, 0.15) is 0 Å². The first-order valence-electron chi connectivity index (χ1n) is 11.0. The second-order valence-electron chi connectivity index (χ2n) is 9.71. The van der Waals surface area contributed by atoms with Gasteiger partial charge in [-0.2, -0.15) is 0 Å². The summed E-state index contributed by atoms with van der Waals surface area (Å²) in [5.74, 6) is 1.80. The summed E-state index contributed by atoms with van der Waals surface area (Å²) in [5, 5.41) is 0. The smallest absolute Gasteiger partial charge is 0.155 e. The van der Waals surface area contributed by atoms with Gasteiger partial charge in [0, 0.05) is 23.9 Å². The second-order valence-corrected chi connectivity index (χ2v) is 9.71. The molecular weight excluding hydrogens is 320 g/mol. The molecule has 2 saturated carbocycles. The Balaban J connectivity index is 1.72. The molecule has 0 heterocycles. The van der Waals surface area contributed by atoms with E-state index in [-0.39, 0.29) is 11.0 Å². The van der Waals surface area contributed by atoms with Crippen LogP contribution in [0.4, 0.5) is 0 Å². The molecule has 2 nitrogen and oxygen atoms in total. The third-order valence-corrected chi connectivity index (χ3v) is 8.80. The molecule has 5 unspecified atom stereocenters. The second kappa shape index (κ2) is 6.33. The lowest BCUT2D eigenvalue weighted by atomic mass is 9.50. The Bertz CT molecular complexity index is 659. The molecule has 2 fully saturated rings. The van der Waals surface area contributed by atoms with Crippen LogP contribution >= 0.6 is 0 Å². The minimum atomic E-state index is 0.0318. The fraction of sp³-hybridized carbons (Fsp3) is 0.792. The Labute approximate surface area is 159 Å². The lowest BCUT2D eigenvalue weighted by Gasteiger charge is -2.56. The highest BCUT2D eigenvalue weighted by Crippen LogP contribution is 2.67. The maximum Gasteiger partial charge on any atom is 0.155 e. The van der Waals surface area contributed by atoms with Gasteiger partial charge in [0.2, 0.25) is 0 Å². The highest BCUT2D eigenvalue weighted by Gasteiger charge is 2.62. The van der Waals surface area contributed by atoms with E-state index in [1.807, 2.05) is 6.08 Å². The molecule has 0 radical (unpaired) electrons. The van der Waals surface area contributed by atoms with Crippen molar-refractivity contribution < 1.29 is 9.53 Å². The van der Waals surface area contributed by atoms with Crippen molar-refractivity contribution in [2.45, 2.75) is 91.1 Å². The van der Waals surface area contributed by atoms with Crippen molar-refractivity contribution >= 4 is 5.78 Å². The van der Waals surface area contributed by atoms with Crippen LogP contribution in [0.5, 0.6) is 0 Å². The van der Waals surface area contributed by atoms with E-state index in [0.29, 0.717) is 17.1 Å². The summed E-state index contributed by atoms with van der Waals surface area (Å²) >= 11 is 0. The molecule has 0 aromatic carbocycles. The maximum atomic E-state index is 12.0. The molecular formula is C24H36O2. The van der Waals surface area contributed by atoms with E-state index in [2.05, 4.69) is 33.8 Å². The number of ether oxygens (including phenoxy) is 1. The fourth-order valence-electron chi connectivity index (χ4n) is 7.23. The van der Waals surface area contributed by atoms with Crippen molar-refractivity contribution in [3.63, 3.8) is 0 Å². The molecule has 0 aliphatic heterocycles. The molecule has 0 spiro atoms. The van der Waals surface area contributed by atoms with Crippen LogP contribution in [0.15, 0.2) is 23.3 Å². The largest absolute Gasteiger partial charge is 0.375 e. The van der Waals surface area contributed by atoms with Crippen LogP contribution < -0.4 is 0 Å². The van der Waals surface area contributed by atoms with E-state index in [9.17, 15) is 4.79 Å². The van der Waals surface area contributed by atoms with Gasteiger partial charge in [0.05, 0.1) is 5.60 Å². The Morgan fingerprint density at radius 3 is 2.69 bits per heavy atom. The lowest BCUT2D eigenvalue weighted by Crippen LogP contribution is -2.52. The Kier molecular flexibility index (Phi) is 4.50. The first kappa shape index (κ1) is 18.5. The molecule has 4 rings (SSSR count). The molecule has 0 N–H and O–H groups in total. The highest BCUT2D eigenvalue weighted by atomic mass is 16.5. The Morgan fingerprint density at radius 2 is 1.96 bits per heavy atom. The monoisotopic (exact) mass is 356 g/mol. The summed E-state index contributed by atoms with van der Waals surface area (Å²) in [6.07, 6.45) is 14.7. The number of carbonyl (C=O) groups excluding carboxylic acids is 1. The summed E-state index contributed by atoms with van der Waals surface area (Å²) in [4.78, 5) is 12.0. The van der Waals surface area contributed by atoms with Crippen LogP contribution in [0.3, 0.4) is 0 Å². The van der Waals surface area contributed by atoms with Crippen LogP contribution in [0.1, 0.15) is 85.5 Å². The predicted octanol–water partition coefficient (Wildman–Crippen LogP) is 6.01. The third kappa shape index (κ3) is 2.37. The van der Waals surface area contributed by atoms with Crippen LogP contribution in [0.2, 0.25) is 0 Å². The van der Waals surface area contributed by atoms with Crippen LogP contribution in [-0.4, -0.2) is 18.0 Å². The number of rotatable bonds is 4. The number of allylic oxidation sites excluding steroid dienone is 4. The van der Waals surface area contributed by atoms with E-state index in [4.69, 9.17) is 4.74 Å². The zero-order chi connectivity index (χ0) is 18.6. The number of fused-ring (bicyclic) bond motifs is 5. The Morgan fingerprint density at radius 1 is 1.15 bits per heavy atom. The molecule has 0 bridgehead atoms. The van der Waals surface area contributed by atoms with Gasteiger partial charge in [-0.25, -0.2) is 0 Å². The summed E-state index contributed by atoms with van der Waals surface area (Å²) in [5.41, 5.74) is 3.59. The molecule has 2 heteroatoms. The molecule has 0 saturated heterocycles. The van der Waals surface area contributed by atoms with E-state index in [1.54, 1.807) is 5.57 Å². The predicted molar refractivity (Wildman–Crippen MR) is 106 cm³/mol. The SMILES string of the molecule is CCCOC1(C)CCC2C3CCC4=CC(=O)CCC4(C)C3=CCC21CC. The molecule has 0 aromatic heterocycles. The van der Waals surface area contributed by atoms with E-state index >= 15 is 0 Å². The molecule has 4 aliphatic carbocycles. The number of ketones is 1. The number of hydrogen-bond acceptors (Lipinski definition) is 2. The highest BCUT2D eigenvalue weighted by molar-refractivity contribution is 5.92. The summed E-state index contributed by atoms with van der Waals surface area (Å²) in [6, 6.07) is 0. The molecule has 0 aromatic rings. The van der Waals surface area contributed by atoms with Crippen molar-refractivity contribution in [1.29, 1.82) is 0 Å². The first-order valence-corrected chi connectivity index (χ1v) is 11.0. The quantitative estimate of drug-likeness (QED) is 0.576. The van der Waals surface area contributed by atoms with Crippen molar-refractivity contribution in [1.82, 2.24) is 0 Å². The molecule has 144 valence electrons. The van der Waals surface area contributed by atoms with Gasteiger partial charge in [-0.3, -0.25) is 4.79 Å². The third-order valence-electron chi connectivity index (χ3n) is 8.80. The topological polar surface area (TPSA) is 26.3 Å². The average molecular weight is 357 g/mol. The summed E-state index contributed by atoms with van der Waals surface area (Å²) < 4.78 is 6.54. The minimum Gasteiger partial charge on any atom is -0.375 e. The van der Waals surface area contributed by atoms with Gasteiger partial charge in [-0.15, -0.1) is 0 Å². The molecule has 5 atom stereocenters. The van der Waals surface area contributed by atoms with Crippen molar-refractivity contribution in [2.75, 3.05) is 6.61 Å². The van der Waals surface area contributed by atoms with Crippen LogP contribution in [0.25, 0.3) is 0 Å². The molecule has 4 aliphatic rings. The van der Waals surface area contributed by atoms with Crippen molar-refractivity contribution in [3.8, 4) is 0 Å². The number of hydrogen-bond donors (Lipinski definition) is 0. The van der Waals surface area contributed by atoms with E-state index in [1.165, 1.54) is 31.3 Å². The van der Waals surface area contributed by atoms with Crippen molar-refractivity contribution in [2.24, 2.45) is 22.7 Å². The summed E-state index contributed by atoms with van der Waals surface area (Å²) in [6.45, 7) is 10.3. The number of carbonyl (C=O) groups is 1. The van der Waals surface area contributed by atoms with E-state index < -0.39 is 0 Å². The van der Waals surface area contributed by atoms with Crippen LogP contribution in [-0.2, 0) is 9.53 Å². The average Bonchev–Trinajstić information content (AvgIpc) is 2.94. The fourth-order valence-corrected chi connectivity index (χ4v) is 7.23. The van der Waals surface area contributed by atoms with Gasteiger partial charge in [-0.1, -0.05) is 38.0 Å². The van der Waals surface area contributed by atoms with E-state index in [0.717, 1.165) is 44.6 Å². The minimum absolute atomic E-state index is 0.0318. The van der Waals surface area contributed by atoms with Gasteiger partial charge in [0.15, 0.2) is 5.78 Å². The van der Waals surface area contributed by atoms with Gasteiger partial charge >= 0.3 is 0 Å². The lowest BCUT2D eigenvalue weighted by molar-refractivity contribution is -0.129. The zero-order valence-corrected chi connectivity index (χ0v) is 17.2. The molecule has 0 amide bonds. The van der Waals surface area contributed by atoms with Crippen molar-refractivity contribution in [3.05, 3.63) is 23.3 Å². The van der Waals surface area contributed by atoms with Gasteiger partial charge in [-0.05, 0) is 76.2 Å². The standard InChI is InChI=1S/C24H36O2/c1-5-15-26-23(4)13-10-21-19-8-7-17-16-18(25)9-12-22(17,3)20(19)11-14-24(21,23)6-2/h11,16,19,21H,5-10,12-15H2,1-4H3. The van der Waals surface area contributed by atoms with Gasteiger partial charge < -0.3 is 4.74 Å². The summed E-state index contributed by atoms with van der Waals surface area (Å²) in [7, 11) is 0. The Hall–Kier alpha value is -0.890. The maximum absolute atomic E-state index is 12.0. The zero-order valence-electron chi connectivity index (χ0n) is 17.2. The first-order chi connectivity index (χ1) is 12.4.